The zero-order valence-corrected chi connectivity index (χ0v) is 5.65. The predicted octanol–water partition coefficient (Wildman–Crippen LogP) is 2.54. The van der Waals surface area contributed by atoms with E-state index in [-0.39, 0.29) is 0 Å². The molecule has 0 aromatic heterocycles. The van der Waals surface area contributed by atoms with Gasteiger partial charge < -0.3 is 0 Å². The SMILES string of the molecule is CCCCC1(Cl)N=N1. The van der Waals surface area contributed by atoms with Crippen LogP contribution in [-0.4, -0.2) is 5.12 Å². The Morgan fingerprint density at radius 1 is 1.50 bits per heavy atom. The Morgan fingerprint density at radius 2 is 2.12 bits per heavy atom. The van der Waals surface area contributed by atoms with E-state index >= 15 is 0 Å². The molecule has 0 aromatic rings. The second-order valence-electron chi connectivity index (χ2n) is 2.02. The Kier molecular flexibility index (Phi) is 1.52. The Labute approximate surface area is 53.9 Å². The molecule has 3 heteroatoms. The minimum absolute atomic E-state index is 0.476. The molecule has 0 fully saturated rings. The fourth-order valence-electron chi connectivity index (χ4n) is 0.556. The highest BCUT2D eigenvalue weighted by Gasteiger charge is 2.35. The van der Waals surface area contributed by atoms with Crippen LogP contribution in [-0.2, 0) is 0 Å². The summed E-state index contributed by atoms with van der Waals surface area (Å²) in [5.74, 6) is 0. The topological polar surface area (TPSA) is 24.7 Å². The van der Waals surface area contributed by atoms with E-state index in [2.05, 4.69) is 17.2 Å². The monoisotopic (exact) mass is 132 g/mol. The van der Waals surface area contributed by atoms with Crippen LogP contribution in [0.5, 0.6) is 0 Å². The van der Waals surface area contributed by atoms with Gasteiger partial charge in [0.25, 0.3) is 5.12 Å². The molecule has 0 saturated heterocycles. The predicted molar refractivity (Wildman–Crippen MR) is 33.0 cm³/mol. The molecule has 0 aromatic carbocycles. The Balaban J connectivity index is 2.03. The summed E-state index contributed by atoms with van der Waals surface area (Å²) in [6.07, 6.45) is 3.20. The van der Waals surface area contributed by atoms with Crippen LogP contribution in [0, 0.1) is 0 Å². The van der Waals surface area contributed by atoms with Crippen molar-refractivity contribution in [3.8, 4) is 0 Å². The van der Waals surface area contributed by atoms with E-state index in [0.29, 0.717) is 0 Å². The maximum absolute atomic E-state index is 5.69. The quantitative estimate of drug-likeness (QED) is 0.417. The Hall–Kier alpha value is -0.110. The molecule has 0 atom stereocenters. The van der Waals surface area contributed by atoms with Gasteiger partial charge in [-0.15, -0.1) is 10.2 Å². The maximum Gasteiger partial charge on any atom is 0.263 e. The van der Waals surface area contributed by atoms with Gasteiger partial charge in [0.1, 0.15) is 0 Å². The second-order valence-corrected chi connectivity index (χ2v) is 2.63. The Bertz CT molecular complexity index is 105. The van der Waals surface area contributed by atoms with Gasteiger partial charge in [-0.1, -0.05) is 24.9 Å². The summed E-state index contributed by atoms with van der Waals surface area (Å²) in [6.45, 7) is 2.13. The number of hydrogen-bond acceptors (Lipinski definition) is 2. The third-order valence-electron chi connectivity index (χ3n) is 1.17. The summed E-state index contributed by atoms with van der Waals surface area (Å²) in [4.78, 5) is 0. The van der Waals surface area contributed by atoms with E-state index in [1.807, 2.05) is 0 Å². The summed E-state index contributed by atoms with van der Waals surface area (Å²) in [6, 6.07) is 0. The van der Waals surface area contributed by atoms with Crippen molar-refractivity contribution in [2.75, 3.05) is 0 Å². The molecule has 0 aliphatic carbocycles. The zero-order valence-electron chi connectivity index (χ0n) is 4.89. The fourth-order valence-corrected chi connectivity index (χ4v) is 0.727. The third kappa shape index (κ3) is 1.44. The standard InChI is InChI=1S/C5H9ClN2/c1-2-3-4-5(6)7-8-5/h2-4H2,1H3. The lowest BCUT2D eigenvalue weighted by Crippen LogP contribution is -1.97. The van der Waals surface area contributed by atoms with Crippen molar-refractivity contribution in [1.82, 2.24) is 0 Å². The molecule has 1 heterocycles. The number of rotatable bonds is 3. The van der Waals surface area contributed by atoms with E-state index in [1.54, 1.807) is 0 Å². The first-order valence-corrected chi connectivity index (χ1v) is 3.27. The van der Waals surface area contributed by atoms with Gasteiger partial charge in [0.05, 0.1) is 0 Å². The van der Waals surface area contributed by atoms with Gasteiger partial charge in [-0.25, -0.2) is 0 Å². The van der Waals surface area contributed by atoms with E-state index in [1.165, 1.54) is 6.42 Å². The summed E-state index contributed by atoms with van der Waals surface area (Å²) in [5.41, 5.74) is 0. The average molecular weight is 133 g/mol. The second kappa shape index (κ2) is 2.02. The van der Waals surface area contributed by atoms with Gasteiger partial charge in [0.2, 0.25) is 0 Å². The Morgan fingerprint density at radius 3 is 2.50 bits per heavy atom. The van der Waals surface area contributed by atoms with Gasteiger partial charge in [-0.05, 0) is 6.42 Å². The molecule has 0 amide bonds. The largest absolute Gasteiger partial charge is 0.263 e. The van der Waals surface area contributed by atoms with Crippen molar-refractivity contribution in [1.29, 1.82) is 0 Å². The molecule has 0 N–H and O–H groups in total. The van der Waals surface area contributed by atoms with Crippen molar-refractivity contribution >= 4 is 11.6 Å². The third-order valence-corrected chi connectivity index (χ3v) is 1.51. The summed E-state index contributed by atoms with van der Waals surface area (Å²) >= 11 is 5.69. The molecule has 0 bridgehead atoms. The lowest BCUT2D eigenvalue weighted by Gasteiger charge is -1.95. The van der Waals surface area contributed by atoms with E-state index in [0.717, 1.165) is 12.8 Å². The molecule has 1 aliphatic rings. The summed E-state index contributed by atoms with van der Waals surface area (Å²) in [5, 5.41) is 6.85. The lowest BCUT2D eigenvalue weighted by atomic mass is 10.2. The molecule has 8 heavy (non-hydrogen) atoms. The molecular weight excluding hydrogens is 124 g/mol. The molecule has 2 nitrogen and oxygen atoms in total. The molecule has 0 unspecified atom stereocenters. The molecular formula is C5H9ClN2. The van der Waals surface area contributed by atoms with Crippen molar-refractivity contribution in [3.63, 3.8) is 0 Å². The fraction of sp³-hybridized carbons (Fsp3) is 1.00. The minimum atomic E-state index is -0.476. The van der Waals surface area contributed by atoms with E-state index in [9.17, 15) is 0 Å². The van der Waals surface area contributed by atoms with Crippen molar-refractivity contribution in [2.24, 2.45) is 10.2 Å². The van der Waals surface area contributed by atoms with E-state index in [4.69, 9.17) is 11.6 Å². The van der Waals surface area contributed by atoms with Crippen LogP contribution in [0.1, 0.15) is 26.2 Å². The molecule has 0 radical (unpaired) electrons. The van der Waals surface area contributed by atoms with Gasteiger partial charge in [-0.2, -0.15) is 0 Å². The highest BCUT2D eigenvalue weighted by atomic mass is 35.5. The number of halogens is 1. The van der Waals surface area contributed by atoms with Gasteiger partial charge in [-0.3, -0.25) is 0 Å². The zero-order chi connectivity index (χ0) is 6.04. The van der Waals surface area contributed by atoms with Gasteiger partial charge >= 0.3 is 0 Å². The molecule has 46 valence electrons. The average Bonchev–Trinajstić information content (AvgIpc) is 2.45. The number of unbranched alkanes of at least 4 members (excludes halogenated alkanes) is 1. The highest BCUT2D eigenvalue weighted by molar-refractivity contribution is 6.24. The number of hydrogen-bond donors (Lipinski definition) is 0. The molecule has 0 spiro atoms. The summed E-state index contributed by atoms with van der Waals surface area (Å²) in [7, 11) is 0. The number of nitrogens with zero attached hydrogens (tertiary/aromatic N) is 2. The smallest absolute Gasteiger partial charge is 0.141 e. The van der Waals surface area contributed by atoms with Crippen molar-refractivity contribution in [2.45, 2.75) is 31.3 Å². The first-order chi connectivity index (χ1) is 3.77. The minimum Gasteiger partial charge on any atom is -0.141 e. The molecule has 1 aliphatic heterocycles. The maximum atomic E-state index is 5.69. The van der Waals surface area contributed by atoms with Crippen LogP contribution in [0.4, 0.5) is 0 Å². The van der Waals surface area contributed by atoms with Crippen molar-refractivity contribution < 1.29 is 0 Å². The van der Waals surface area contributed by atoms with Gasteiger partial charge in [0, 0.05) is 6.42 Å². The van der Waals surface area contributed by atoms with E-state index < -0.39 is 5.12 Å². The normalized spacial score (nSPS) is 21.2. The molecule has 1 rings (SSSR count). The highest BCUT2D eigenvalue weighted by Crippen LogP contribution is 2.37. The van der Waals surface area contributed by atoms with Crippen molar-refractivity contribution in [3.05, 3.63) is 0 Å². The number of alkyl halides is 1. The first kappa shape index (κ1) is 6.02. The van der Waals surface area contributed by atoms with Crippen LogP contribution in [0.15, 0.2) is 10.2 Å². The van der Waals surface area contributed by atoms with Crippen LogP contribution in [0.2, 0.25) is 0 Å². The lowest BCUT2D eigenvalue weighted by molar-refractivity contribution is 0.655. The van der Waals surface area contributed by atoms with Crippen LogP contribution in [0.25, 0.3) is 0 Å². The van der Waals surface area contributed by atoms with Crippen LogP contribution < -0.4 is 0 Å². The van der Waals surface area contributed by atoms with Gasteiger partial charge in [0.15, 0.2) is 0 Å². The van der Waals surface area contributed by atoms with Crippen LogP contribution >= 0.6 is 11.6 Å². The summed E-state index contributed by atoms with van der Waals surface area (Å²) < 4.78 is 0. The molecule has 0 saturated carbocycles. The first-order valence-electron chi connectivity index (χ1n) is 2.90. The van der Waals surface area contributed by atoms with Crippen LogP contribution in [0.3, 0.4) is 0 Å².